The first kappa shape index (κ1) is 21.0. The molecular weight excluding hydrogens is 422 g/mol. The molecule has 6 nitrogen and oxygen atoms in total. The highest BCUT2D eigenvalue weighted by Crippen LogP contribution is 2.37. The maximum atomic E-state index is 12.2. The van der Waals surface area contributed by atoms with Crippen molar-refractivity contribution < 1.29 is 14.3 Å². The van der Waals surface area contributed by atoms with E-state index in [0.717, 1.165) is 5.56 Å². The van der Waals surface area contributed by atoms with E-state index in [1.54, 1.807) is 12.1 Å². The van der Waals surface area contributed by atoms with Gasteiger partial charge in [-0.25, -0.2) is 0 Å². The minimum absolute atomic E-state index is 0.0273. The number of carbonyl (C=O) groups excluding carboxylic acids is 1. The Morgan fingerprint density at radius 3 is 2.46 bits per heavy atom. The monoisotopic (exact) mass is 439 g/mol. The molecule has 0 saturated carbocycles. The lowest BCUT2D eigenvalue weighted by molar-refractivity contribution is -0.118. The van der Waals surface area contributed by atoms with Crippen molar-refractivity contribution in [2.45, 2.75) is 13.8 Å². The van der Waals surface area contributed by atoms with Gasteiger partial charge in [0.1, 0.15) is 17.7 Å². The summed E-state index contributed by atoms with van der Waals surface area (Å²) in [5.41, 5.74) is 2.36. The Balaban J connectivity index is 2.16. The van der Waals surface area contributed by atoms with Crippen molar-refractivity contribution in [3.63, 3.8) is 0 Å². The summed E-state index contributed by atoms with van der Waals surface area (Å²) in [6.45, 7) is 3.97. The highest BCUT2D eigenvalue weighted by molar-refractivity contribution is 9.10. The van der Waals surface area contributed by atoms with Gasteiger partial charge in [-0.15, -0.1) is 0 Å². The van der Waals surface area contributed by atoms with Gasteiger partial charge < -0.3 is 14.8 Å². The molecule has 0 spiro atoms. The molecule has 28 heavy (non-hydrogen) atoms. The second kappa shape index (κ2) is 10.1. The van der Waals surface area contributed by atoms with Crippen molar-refractivity contribution in [3.8, 4) is 23.6 Å². The second-order valence-electron chi connectivity index (χ2n) is 5.75. The summed E-state index contributed by atoms with van der Waals surface area (Å²) in [6, 6.07) is 14.4. The zero-order chi connectivity index (χ0) is 20.5. The van der Waals surface area contributed by atoms with Gasteiger partial charge in [0.2, 0.25) is 0 Å². The lowest BCUT2D eigenvalue weighted by Crippen LogP contribution is -2.20. The van der Waals surface area contributed by atoms with E-state index in [1.165, 1.54) is 6.08 Å². The minimum Gasteiger partial charge on any atom is -0.490 e. The first-order valence-corrected chi connectivity index (χ1v) is 9.23. The predicted octanol–water partition coefficient (Wildman–Crippen LogP) is 4.60. The van der Waals surface area contributed by atoms with Crippen molar-refractivity contribution in [1.29, 1.82) is 10.5 Å². The number of ether oxygens (including phenoxy) is 2. The SMILES string of the molecule is CCOc1cc(C=C(C#N)C#N)cc(Br)c1OCC(=O)Nc1ccc(C)cc1. The standard InChI is InChI=1S/C21H18BrN3O3/c1-3-27-19-10-15(8-16(11-23)12-24)9-18(22)21(19)28-13-20(26)25-17-6-4-14(2)5-7-17/h4-10H,3,13H2,1-2H3,(H,25,26). The van der Waals surface area contributed by atoms with Crippen molar-refractivity contribution in [3.05, 3.63) is 57.6 Å². The van der Waals surface area contributed by atoms with E-state index < -0.39 is 0 Å². The normalized spacial score (nSPS) is 9.61. The molecule has 0 aliphatic rings. The van der Waals surface area contributed by atoms with Gasteiger partial charge in [0, 0.05) is 5.69 Å². The van der Waals surface area contributed by atoms with E-state index in [4.69, 9.17) is 20.0 Å². The Morgan fingerprint density at radius 1 is 1.18 bits per heavy atom. The van der Waals surface area contributed by atoms with E-state index in [2.05, 4.69) is 21.2 Å². The van der Waals surface area contributed by atoms with Gasteiger partial charge in [0.05, 0.1) is 11.1 Å². The Labute approximate surface area is 172 Å². The molecule has 0 saturated heterocycles. The van der Waals surface area contributed by atoms with E-state index in [-0.39, 0.29) is 18.1 Å². The van der Waals surface area contributed by atoms with Crippen LogP contribution in [0.3, 0.4) is 0 Å². The fourth-order valence-electron chi connectivity index (χ4n) is 2.30. The van der Waals surface area contributed by atoms with E-state index in [0.29, 0.717) is 33.8 Å². The number of carbonyl (C=O) groups is 1. The minimum atomic E-state index is -0.307. The largest absolute Gasteiger partial charge is 0.490 e. The Bertz CT molecular complexity index is 954. The maximum absolute atomic E-state index is 12.2. The molecule has 0 aromatic heterocycles. The third kappa shape index (κ3) is 5.87. The third-order valence-corrected chi connectivity index (χ3v) is 4.16. The number of nitrogens with zero attached hydrogens (tertiary/aromatic N) is 2. The molecule has 1 amide bonds. The van der Waals surface area contributed by atoms with Crippen LogP contribution in [0.5, 0.6) is 11.5 Å². The number of rotatable bonds is 7. The van der Waals surface area contributed by atoms with Crippen LogP contribution in [0.4, 0.5) is 5.69 Å². The molecule has 0 radical (unpaired) electrons. The summed E-state index contributed by atoms with van der Waals surface area (Å²) in [5, 5.41) is 20.6. The van der Waals surface area contributed by atoms with Crippen LogP contribution in [0.15, 0.2) is 46.4 Å². The number of aryl methyl sites for hydroxylation is 1. The quantitative estimate of drug-likeness (QED) is 0.635. The van der Waals surface area contributed by atoms with Crippen LogP contribution in [-0.4, -0.2) is 19.1 Å². The topological polar surface area (TPSA) is 95.1 Å². The van der Waals surface area contributed by atoms with Gasteiger partial charge in [-0.2, -0.15) is 10.5 Å². The Kier molecular flexibility index (Phi) is 7.62. The van der Waals surface area contributed by atoms with Gasteiger partial charge in [-0.05, 0) is 65.7 Å². The number of hydrogen-bond donors (Lipinski definition) is 1. The highest BCUT2D eigenvalue weighted by atomic mass is 79.9. The molecule has 0 heterocycles. The molecule has 0 aliphatic carbocycles. The molecule has 0 fully saturated rings. The van der Waals surface area contributed by atoms with E-state index >= 15 is 0 Å². The van der Waals surface area contributed by atoms with Gasteiger partial charge in [0.25, 0.3) is 5.91 Å². The molecule has 1 N–H and O–H groups in total. The first-order chi connectivity index (χ1) is 13.5. The average molecular weight is 440 g/mol. The van der Waals surface area contributed by atoms with Gasteiger partial charge >= 0.3 is 0 Å². The summed E-state index contributed by atoms with van der Waals surface area (Å²) in [6.07, 6.45) is 1.45. The Morgan fingerprint density at radius 2 is 1.86 bits per heavy atom. The van der Waals surface area contributed by atoms with Crippen molar-refractivity contribution in [1.82, 2.24) is 0 Å². The molecule has 0 unspecified atom stereocenters. The molecule has 7 heteroatoms. The fourth-order valence-corrected chi connectivity index (χ4v) is 2.88. The average Bonchev–Trinajstić information content (AvgIpc) is 2.67. The molecule has 2 rings (SSSR count). The molecule has 0 atom stereocenters. The van der Waals surface area contributed by atoms with E-state index in [9.17, 15) is 4.79 Å². The van der Waals surface area contributed by atoms with Gasteiger partial charge in [-0.1, -0.05) is 17.7 Å². The maximum Gasteiger partial charge on any atom is 0.262 e. The summed E-state index contributed by atoms with van der Waals surface area (Å²) in [7, 11) is 0. The number of halogens is 1. The number of anilines is 1. The summed E-state index contributed by atoms with van der Waals surface area (Å²) < 4.78 is 11.8. The molecule has 142 valence electrons. The predicted molar refractivity (Wildman–Crippen MR) is 110 cm³/mol. The summed E-state index contributed by atoms with van der Waals surface area (Å²) >= 11 is 3.39. The Hall–Kier alpha value is -3.29. The first-order valence-electron chi connectivity index (χ1n) is 8.44. The van der Waals surface area contributed by atoms with Crippen LogP contribution in [0.25, 0.3) is 6.08 Å². The molecule has 2 aromatic carbocycles. The van der Waals surface area contributed by atoms with Crippen LogP contribution in [0, 0.1) is 29.6 Å². The smallest absolute Gasteiger partial charge is 0.262 e. The van der Waals surface area contributed by atoms with Crippen LogP contribution in [0.1, 0.15) is 18.1 Å². The lowest BCUT2D eigenvalue weighted by Gasteiger charge is -2.14. The number of benzene rings is 2. The summed E-state index contributed by atoms with van der Waals surface area (Å²) in [4.78, 5) is 12.2. The van der Waals surface area contributed by atoms with Crippen molar-refractivity contribution >= 4 is 33.6 Å². The lowest BCUT2D eigenvalue weighted by atomic mass is 10.1. The van der Waals surface area contributed by atoms with Crippen LogP contribution in [-0.2, 0) is 4.79 Å². The van der Waals surface area contributed by atoms with E-state index in [1.807, 2.05) is 50.3 Å². The number of nitrogens with one attached hydrogen (secondary N) is 1. The van der Waals surface area contributed by atoms with Crippen LogP contribution >= 0.6 is 15.9 Å². The zero-order valence-corrected chi connectivity index (χ0v) is 17.0. The van der Waals surface area contributed by atoms with Gasteiger partial charge in [0.15, 0.2) is 18.1 Å². The fraction of sp³-hybridized carbons (Fsp3) is 0.190. The van der Waals surface area contributed by atoms with Gasteiger partial charge in [-0.3, -0.25) is 4.79 Å². The molecule has 0 aliphatic heterocycles. The van der Waals surface area contributed by atoms with Crippen LogP contribution in [0.2, 0.25) is 0 Å². The summed E-state index contributed by atoms with van der Waals surface area (Å²) in [5.74, 6) is 0.466. The molecule has 2 aromatic rings. The second-order valence-corrected chi connectivity index (χ2v) is 6.60. The third-order valence-electron chi connectivity index (χ3n) is 3.57. The van der Waals surface area contributed by atoms with Crippen molar-refractivity contribution in [2.24, 2.45) is 0 Å². The molecule has 0 bridgehead atoms. The number of nitriles is 2. The van der Waals surface area contributed by atoms with Crippen molar-refractivity contribution in [2.75, 3.05) is 18.5 Å². The molecular formula is C21H18BrN3O3. The number of hydrogen-bond acceptors (Lipinski definition) is 5. The highest BCUT2D eigenvalue weighted by Gasteiger charge is 2.14. The van der Waals surface area contributed by atoms with Crippen LogP contribution < -0.4 is 14.8 Å². The number of allylic oxidation sites excluding steroid dienone is 1. The zero-order valence-electron chi connectivity index (χ0n) is 15.5. The number of amides is 1.